The second kappa shape index (κ2) is 5.90. The predicted octanol–water partition coefficient (Wildman–Crippen LogP) is 0.783. The van der Waals surface area contributed by atoms with Gasteiger partial charge in [-0.15, -0.1) is 0 Å². The van der Waals surface area contributed by atoms with Gasteiger partial charge in [0.05, 0.1) is 4.90 Å². The lowest BCUT2D eigenvalue weighted by Crippen LogP contribution is -2.35. The summed E-state index contributed by atoms with van der Waals surface area (Å²) >= 11 is 0. The van der Waals surface area contributed by atoms with Crippen molar-refractivity contribution in [3.63, 3.8) is 0 Å². The minimum atomic E-state index is -3.34. The van der Waals surface area contributed by atoms with Crippen LogP contribution in [0, 0.1) is 0 Å². The number of likely N-dealkylation sites (N-methyl/N-ethyl adjacent to an activating group) is 1. The molecule has 106 valence electrons. The van der Waals surface area contributed by atoms with Gasteiger partial charge in [0, 0.05) is 25.3 Å². The molecule has 0 aromatic heterocycles. The first-order valence-corrected chi connectivity index (χ1v) is 7.99. The molecule has 1 aromatic rings. The fourth-order valence-electron chi connectivity index (χ4n) is 2.35. The van der Waals surface area contributed by atoms with Crippen molar-refractivity contribution in [3.05, 3.63) is 24.3 Å². The van der Waals surface area contributed by atoms with Crippen molar-refractivity contribution in [2.75, 3.05) is 32.1 Å². The zero-order chi connectivity index (χ0) is 13.9. The van der Waals surface area contributed by atoms with Crippen LogP contribution < -0.4 is 14.9 Å². The lowest BCUT2D eigenvalue weighted by atomic mass is 10.2. The van der Waals surface area contributed by atoms with Crippen LogP contribution in [0.3, 0.4) is 0 Å². The third kappa shape index (κ3) is 3.46. The van der Waals surface area contributed by atoms with Crippen LogP contribution in [0.5, 0.6) is 0 Å². The van der Waals surface area contributed by atoms with E-state index in [0.717, 1.165) is 18.8 Å². The summed E-state index contributed by atoms with van der Waals surface area (Å²) in [4.78, 5) is 2.45. The highest BCUT2D eigenvalue weighted by atomic mass is 32.2. The second-order valence-corrected chi connectivity index (χ2v) is 6.76. The van der Waals surface area contributed by atoms with Gasteiger partial charge in [-0.25, -0.2) is 13.1 Å². The lowest BCUT2D eigenvalue weighted by Gasteiger charge is -2.23. The Morgan fingerprint density at radius 3 is 2.58 bits per heavy atom. The number of nitrogens with one attached hydrogen (secondary N) is 2. The predicted molar refractivity (Wildman–Crippen MR) is 77.0 cm³/mol. The normalized spacial score (nSPS) is 19.6. The van der Waals surface area contributed by atoms with E-state index >= 15 is 0 Å². The Labute approximate surface area is 115 Å². The van der Waals surface area contributed by atoms with Crippen molar-refractivity contribution < 1.29 is 8.42 Å². The summed E-state index contributed by atoms with van der Waals surface area (Å²) in [6.07, 6.45) is 2.44. The molecule has 0 amide bonds. The number of sulfonamides is 1. The monoisotopic (exact) mass is 283 g/mol. The highest BCUT2D eigenvalue weighted by Crippen LogP contribution is 2.18. The fourth-order valence-corrected chi connectivity index (χ4v) is 3.08. The van der Waals surface area contributed by atoms with E-state index in [1.165, 1.54) is 19.9 Å². The van der Waals surface area contributed by atoms with Crippen molar-refractivity contribution in [1.82, 2.24) is 10.0 Å². The zero-order valence-electron chi connectivity index (χ0n) is 11.4. The highest BCUT2D eigenvalue weighted by Gasteiger charge is 2.17. The summed E-state index contributed by atoms with van der Waals surface area (Å²) in [7, 11) is 0.103. The Morgan fingerprint density at radius 1 is 1.37 bits per heavy atom. The molecule has 0 aliphatic carbocycles. The molecule has 19 heavy (non-hydrogen) atoms. The number of nitrogens with zero attached hydrogens (tertiary/aromatic N) is 1. The quantitative estimate of drug-likeness (QED) is 0.838. The molecule has 2 rings (SSSR count). The van der Waals surface area contributed by atoms with Gasteiger partial charge in [-0.2, -0.15) is 0 Å². The molecule has 1 aromatic carbocycles. The molecule has 1 aliphatic rings. The Kier molecular flexibility index (Phi) is 4.44. The summed E-state index contributed by atoms with van der Waals surface area (Å²) < 4.78 is 25.6. The van der Waals surface area contributed by atoms with Gasteiger partial charge in [-0.05, 0) is 50.7 Å². The van der Waals surface area contributed by atoms with Gasteiger partial charge in [-0.1, -0.05) is 0 Å². The Morgan fingerprint density at radius 2 is 2.05 bits per heavy atom. The van der Waals surface area contributed by atoms with Crippen LogP contribution in [-0.2, 0) is 10.0 Å². The molecule has 1 saturated heterocycles. The molecule has 5 nitrogen and oxygen atoms in total. The van der Waals surface area contributed by atoms with Gasteiger partial charge in [-0.3, -0.25) is 0 Å². The third-order valence-electron chi connectivity index (χ3n) is 3.51. The topological polar surface area (TPSA) is 61.4 Å². The molecule has 0 saturated carbocycles. The van der Waals surface area contributed by atoms with Gasteiger partial charge in [0.2, 0.25) is 10.0 Å². The fraction of sp³-hybridized carbons (Fsp3) is 0.538. The molecule has 0 spiro atoms. The van der Waals surface area contributed by atoms with Crippen LogP contribution >= 0.6 is 0 Å². The molecule has 2 N–H and O–H groups in total. The summed E-state index contributed by atoms with van der Waals surface area (Å²) in [6.45, 7) is 2.04. The van der Waals surface area contributed by atoms with E-state index in [0.29, 0.717) is 10.9 Å². The average Bonchev–Trinajstić information content (AvgIpc) is 2.91. The van der Waals surface area contributed by atoms with E-state index < -0.39 is 10.0 Å². The maximum atomic E-state index is 11.6. The molecule has 0 radical (unpaired) electrons. The SMILES string of the molecule is CNS(=O)(=O)c1ccc(N(C)CC2CCCN2)cc1. The van der Waals surface area contributed by atoms with Crippen molar-refractivity contribution in [2.45, 2.75) is 23.8 Å². The Balaban J connectivity index is 2.05. The first kappa shape index (κ1) is 14.3. The number of rotatable bonds is 5. The molecular formula is C13H21N3O2S. The Hall–Kier alpha value is -1.11. The van der Waals surface area contributed by atoms with Gasteiger partial charge < -0.3 is 10.2 Å². The second-order valence-electron chi connectivity index (χ2n) is 4.88. The highest BCUT2D eigenvalue weighted by molar-refractivity contribution is 7.89. The van der Waals surface area contributed by atoms with E-state index in [9.17, 15) is 8.42 Å². The van der Waals surface area contributed by atoms with Gasteiger partial charge in [0.1, 0.15) is 0 Å². The summed E-state index contributed by atoms with van der Waals surface area (Å²) in [5, 5.41) is 3.45. The zero-order valence-corrected chi connectivity index (χ0v) is 12.2. The van der Waals surface area contributed by atoms with Crippen molar-refractivity contribution in [3.8, 4) is 0 Å². The minimum Gasteiger partial charge on any atom is -0.373 e. The van der Waals surface area contributed by atoms with Crippen molar-refractivity contribution in [1.29, 1.82) is 0 Å². The molecule has 1 aliphatic heterocycles. The molecular weight excluding hydrogens is 262 g/mol. The summed E-state index contributed by atoms with van der Waals surface area (Å²) in [6, 6.07) is 7.50. The number of anilines is 1. The van der Waals surface area contributed by atoms with E-state index in [1.54, 1.807) is 12.1 Å². The maximum absolute atomic E-state index is 11.6. The standard InChI is InChI=1S/C13H21N3O2S/c1-14-19(17,18)13-7-5-12(6-8-13)16(2)10-11-4-3-9-15-11/h5-8,11,14-15H,3-4,9-10H2,1-2H3. The largest absolute Gasteiger partial charge is 0.373 e. The van der Waals surface area contributed by atoms with Gasteiger partial charge in [0.15, 0.2) is 0 Å². The van der Waals surface area contributed by atoms with E-state index in [1.807, 2.05) is 19.2 Å². The Bertz CT molecular complexity index is 507. The maximum Gasteiger partial charge on any atom is 0.240 e. The van der Waals surface area contributed by atoms with E-state index in [2.05, 4.69) is 14.9 Å². The van der Waals surface area contributed by atoms with E-state index in [-0.39, 0.29) is 0 Å². The third-order valence-corrected chi connectivity index (χ3v) is 4.94. The van der Waals surface area contributed by atoms with Crippen LogP contribution in [0.15, 0.2) is 29.2 Å². The van der Waals surface area contributed by atoms with Gasteiger partial charge in [0.25, 0.3) is 0 Å². The summed E-state index contributed by atoms with van der Waals surface area (Å²) in [5.74, 6) is 0. The number of benzene rings is 1. The lowest BCUT2D eigenvalue weighted by molar-refractivity contribution is 0.588. The molecule has 1 fully saturated rings. The smallest absolute Gasteiger partial charge is 0.240 e. The average molecular weight is 283 g/mol. The van der Waals surface area contributed by atoms with Crippen LogP contribution in [0.4, 0.5) is 5.69 Å². The first-order valence-electron chi connectivity index (χ1n) is 6.51. The first-order chi connectivity index (χ1) is 9.03. The van der Waals surface area contributed by atoms with Crippen LogP contribution in [0.25, 0.3) is 0 Å². The van der Waals surface area contributed by atoms with E-state index in [4.69, 9.17) is 0 Å². The van der Waals surface area contributed by atoms with Gasteiger partial charge >= 0.3 is 0 Å². The summed E-state index contributed by atoms with van der Waals surface area (Å²) in [5.41, 5.74) is 1.03. The van der Waals surface area contributed by atoms with Crippen LogP contribution in [-0.4, -0.2) is 41.6 Å². The molecule has 1 unspecified atom stereocenters. The molecule has 0 bridgehead atoms. The van der Waals surface area contributed by atoms with Crippen molar-refractivity contribution in [2.24, 2.45) is 0 Å². The molecule has 1 heterocycles. The molecule has 6 heteroatoms. The van der Waals surface area contributed by atoms with Crippen molar-refractivity contribution >= 4 is 15.7 Å². The number of hydrogen-bond donors (Lipinski definition) is 2. The van der Waals surface area contributed by atoms with Crippen LogP contribution in [0.1, 0.15) is 12.8 Å². The number of hydrogen-bond acceptors (Lipinski definition) is 4. The molecule has 1 atom stereocenters. The van der Waals surface area contributed by atoms with Crippen LogP contribution in [0.2, 0.25) is 0 Å². The minimum absolute atomic E-state index is 0.297.